The van der Waals surface area contributed by atoms with E-state index in [1.807, 2.05) is 91.0 Å². The van der Waals surface area contributed by atoms with E-state index in [-0.39, 0.29) is 25.8 Å². The van der Waals surface area contributed by atoms with Crippen LogP contribution < -0.4 is 37.6 Å². The van der Waals surface area contributed by atoms with Crippen LogP contribution in [0.3, 0.4) is 0 Å². The van der Waals surface area contributed by atoms with E-state index >= 15 is 0 Å². The number of rotatable bonds is 25. The minimum absolute atomic E-state index is 0.0424. The normalized spacial score (nSPS) is 14.2. The van der Waals surface area contributed by atoms with Crippen LogP contribution in [-0.4, -0.2) is 101 Å². The fraction of sp³-hybridized carbons (Fsp3) is 0.500. The van der Waals surface area contributed by atoms with Gasteiger partial charge in [0.15, 0.2) is 0 Å². The summed E-state index contributed by atoms with van der Waals surface area (Å²) in [6.07, 6.45) is -0.546. The Bertz CT molecular complexity index is 2120. The number of hydrogen-bond donors (Lipinski definition) is 8. The molecule has 18 heteroatoms. The van der Waals surface area contributed by atoms with Gasteiger partial charge in [-0.25, -0.2) is 9.59 Å². The zero-order chi connectivity index (χ0) is 52.2. The van der Waals surface area contributed by atoms with Crippen LogP contribution in [-0.2, 0) is 48.6 Å². The van der Waals surface area contributed by atoms with Crippen molar-refractivity contribution in [1.82, 2.24) is 31.9 Å². The molecule has 0 fully saturated rings. The van der Waals surface area contributed by atoms with Gasteiger partial charge >= 0.3 is 18.0 Å². The molecule has 18 nitrogen and oxygen atoms in total. The number of nitrogens with two attached hydrogens (primary N) is 1. The van der Waals surface area contributed by atoms with Gasteiger partial charge in [0, 0.05) is 13.0 Å². The van der Waals surface area contributed by atoms with E-state index in [9.17, 15) is 43.5 Å². The van der Waals surface area contributed by atoms with Gasteiger partial charge < -0.3 is 52.2 Å². The first-order valence-corrected chi connectivity index (χ1v) is 23.7. The van der Waals surface area contributed by atoms with Gasteiger partial charge in [0.25, 0.3) is 0 Å². The van der Waals surface area contributed by atoms with E-state index in [1.54, 1.807) is 55.4 Å². The molecule has 70 heavy (non-hydrogen) atoms. The van der Waals surface area contributed by atoms with Gasteiger partial charge in [0.1, 0.15) is 40.9 Å². The largest absolute Gasteiger partial charge is 0.480 e. The van der Waals surface area contributed by atoms with Crippen molar-refractivity contribution in [3.63, 3.8) is 0 Å². The molecule has 0 aliphatic rings. The Morgan fingerprint density at radius 1 is 0.614 bits per heavy atom. The van der Waals surface area contributed by atoms with Crippen LogP contribution in [0.15, 0.2) is 91.0 Å². The summed E-state index contributed by atoms with van der Waals surface area (Å²) < 4.78 is 10.6. The van der Waals surface area contributed by atoms with E-state index in [0.29, 0.717) is 19.3 Å². The van der Waals surface area contributed by atoms with E-state index in [0.717, 1.165) is 16.7 Å². The molecule has 9 N–H and O–H groups in total. The number of carboxylic acids is 1. The van der Waals surface area contributed by atoms with Crippen molar-refractivity contribution in [2.24, 2.45) is 11.7 Å². The van der Waals surface area contributed by atoms with Crippen LogP contribution in [0.4, 0.5) is 4.79 Å². The van der Waals surface area contributed by atoms with Gasteiger partial charge in [-0.1, -0.05) is 111 Å². The minimum atomic E-state index is -1.52. The van der Waals surface area contributed by atoms with Crippen LogP contribution in [0.2, 0.25) is 0 Å². The number of hydrogen-bond acceptors (Lipinski definition) is 11. The molecule has 0 spiro atoms. The highest BCUT2D eigenvalue weighted by molar-refractivity contribution is 5.96. The van der Waals surface area contributed by atoms with Gasteiger partial charge in [-0.3, -0.25) is 28.8 Å². The lowest BCUT2D eigenvalue weighted by Crippen LogP contribution is -2.59. The van der Waals surface area contributed by atoms with Gasteiger partial charge in [-0.05, 0) is 96.8 Å². The lowest BCUT2D eigenvalue weighted by Gasteiger charge is -2.37. The highest BCUT2D eigenvalue weighted by Crippen LogP contribution is 2.37. The average molecular weight is 972 g/mol. The van der Waals surface area contributed by atoms with Gasteiger partial charge in [0.05, 0.1) is 12.5 Å². The molecule has 0 bridgehead atoms. The van der Waals surface area contributed by atoms with Gasteiger partial charge in [0.2, 0.25) is 29.5 Å². The molecule has 0 saturated carbocycles. The summed E-state index contributed by atoms with van der Waals surface area (Å²) >= 11 is 0. The quantitative estimate of drug-likeness (QED) is 0.0326. The van der Waals surface area contributed by atoms with E-state index in [2.05, 4.69) is 31.9 Å². The minimum Gasteiger partial charge on any atom is -0.480 e. The molecule has 0 heterocycles. The summed E-state index contributed by atoms with van der Waals surface area (Å²) in [5.74, 6) is -6.29. The maximum absolute atomic E-state index is 14.0. The molecular weight excluding hydrogens is 899 g/mol. The number of unbranched alkanes of at least 4 members (excludes halogenated alkanes) is 1. The first kappa shape index (κ1) is 57.5. The third-order valence-corrected chi connectivity index (χ3v) is 11.1. The number of benzene rings is 3. The Kier molecular flexibility index (Phi) is 22.0. The summed E-state index contributed by atoms with van der Waals surface area (Å²) in [5, 5.41) is 26.3. The Balaban J connectivity index is 1.73. The number of amides is 6. The number of alkyl carbamates (subject to hydrolysis) is 1. The van der Waals surface area contributed by atoms with E-state index in [4.69, 9.17) is 15.2 Å². The maximum Gasteiger partial charge on any atom is 0.407 e. The Hall–Kier alpha value is -6.82. The number of esters is 1. The molecule has 3 aromatic rings. The maximum atomic E-state index is 14.0. The van der Waals surface area contributed by atoms with Crippen molar-refractivity contribution >= 4 is 47.6 Å². The Morgan fingerprint density at radius 2 is 1.11 bits per heavy atom. The first-order chi connectivity index (χ1) is 32.9. The van der Waals surface area contributed by atoms with Crippen LogP contribution in [0.1, 0.15) is 124 Å². The monoisotopic (exact) mass is 972 g/mol. The van der Waals surface area contributed by atoms with Crippen molar-refractivity contribution in [2.75, 3.05) is 6.54 Å². The van der Waals surface area contributed by atoms with Crippen molar-refractivity contribution in [2.45, 2.75) is 154 Å². The fourth-order valence-electron chi connectivity index (χ4n) is 7.39. The van der Waals surface area contributed by atoms with Crippen LogP contribution in [0.5, 0.6) is 0 Å². The number of carboxylic acid groups (broad SMARTS) is 1. The highest BCUT2D eigenvalue weighted by Gasteiger charge is 2.39. The van der Waals surface area contributed by atoms with Gasteiger partial charge in [-0.15, -0.1) is 0 Å². The molecule has 3 rings (SSSR count). The third kappa shape index (κ3) is 18.6. The summed E-state index contributed by atoms with van der Waals surface area (Å²) in [5.41, 5.74) is 5.68. The number of carbonyl (C=O) groups excluding carboxylic acids is 7. The van der Waals surface area contributed by atoms with Crippen molar-refractivity contribution in [3.8, 4) is 0 Å². The first-order valence-electron chi connectivity index (χ1n) is 23.7. The summed E-state index contributed by atoms with van der Waals surface area (Å²) in [6.45, 7) is 15.2. The average Bonchev–Trinajstić information content (AvgIpc) is 3.29. The van der Waals surface area contributed by atoms with Crippen molar-refractivity contribution in [1.29, 1.82) is 0 Å². The lowest BCUT2D eigenvalue weighted by atomic mass is 9.77. The zero-order valence-corrected chi connectivity index (χ0v) is 41.9. The second-order valence-electron chi connectivity index (χ2n) is 19.3. The smallest absolute Gasteiger partial charge is 0.407 e. The fourth-order valence-corrected chi connectivity index (χ4v) is 7.39. The molecule has 0 aliphatic heterocycles. The number of carbonyl (C=O) groups is 8. The Morgan fingerprint density at radius 3 is 1.59 bits per heavy atom. The molecule has 6 atom stereocenters. The van der Waals surface area contributed by atoms with Crippen LogP contribution in [0, 0.1) is 5.92 Å². The van der Waals surface area contributed by atoms with Crippen LogP contribution >= 0.6 is 0 Å². The van der Waals surface area contributed by atoms with Gasteiger partial charge in [-0.2, -0.15) is 0 Å². The molecule has 0 radical (unpaired) electrons. The Labute approximate surface area is 411 Å². The van der Waals surface area contributed by atoms with Crippen molar-refractivity contribution in [3.05, 3.63) is 108 Å². The molecule has 0 aromatic heterocycles. The second kappa shape index (κ2) is 26.8. The number of aliphatic carboxylic acids is 1. The number of ether oxygens (including phenoxy) is 2. The van der Waals surface area contributed by atoms with Crippen LogP contribution in [0.25, 0.3) is 0 Å². The van der Waals surface area contributed by atoms with Crippen molar-refractivity contribution < 1.29 is 52.9 Å². The molecule has 0 saturated heterocycles. The predicted octanol–water partition coefficient (Wildman–Crippen LogP) is 4.72. The molecular formula is C52H73N7O11. The standard InChI is InChI=1S/C52H73N7O11/c1-10-33(2)43(58-46(64)39(28-20-21-31-54-49(68)70-51(7,8)9)56-45(63)38(53)32-42(61)69-50(4,5)6)47(65)55-34(3)44(62)57-40(48(66)67)29-30-41(60)59-52(35-22-14-11-15-23-35,36-24-16-12-17-25-36)37-26-18-13-19-27-37/h11-19,22-27,33-34,38-40,43H,10,20-21,28-32,53H2,1-9H3,(H,54,68)(H,55,65)(H,56,63)(H,57,62)(H,58,64)(H,59,60)(H,66,67)/t33-,34-,38-,39-,40-,43-/m0/s1. The van der Waals surface area contributed by atoms with E-state index in [1.165, 1.54) is 6.92 Å². The molecule has 0 aliphatic carbocycles. The predicted molar refractivity (Wildman–Crippen MR) is 264 cm³/mol. The molecule has 3 aromatic carbocycles. The summed E-state index contributed by atoms with van der Waals surface area (Å²) in [7, 11) is 0. The molecule has 382 valence electrons. The third-order valence-electron chi connectivity index (χ3n) is 11.1. The number of nitrogens with one attached hydrogen (secondary N) is 6. The summed E-state index contributed by atoms with van der Waals surface area (Å²) in [6, 6.07) is 21.5. The topological polar surface area (TPSA) is 273 Å². The molecule has 6 amide bonds. The van der Waals surface area contributed by atoms with E-state index < -0.39 is 107 Å². The summed E-state index contributed by atoms with van der Waals surface area (Å²) in [4.78, 5) is 106. The lowest BCUT2D eigenvalue weighted by molar-refractivity contribution is -0.156. The zero-order valence-electron chi connectivity index (χ0n) is 41.9. The SMILES string of the molecule is CC[C@H](C)[C@H](NC(=O)[C@H](CCCCNC(=O)OC(C)(C)C)NC(=O)[C@@H](N)CC(=O)OC(C)(C)C)C(=O)N[C@@H](C)C(=O)N[C@@H](CCC(=O)NC(c1ccccc1)(c1ccccc1)c1ccccc1)C(=O)O. The second-order valence-corrected chi connectivity index (χ2v) is 19.3. The molecule has 0 unspecified atom stereocenters. The highest BCUT2D eigenvalue weighted by atomic mass is 16.6.